The molecular formula is C16H42Ge2Si4. The molecule has 0 aromatic rings. The summed E-state index contributed by atoms with van der Waals surface area (Å²) in [6.45, 7) is 27.2. The Balaban J connectivity index is -0.0000000555. The van der Waals surface area contributed by atoms with Gasteiger partial charge >= 0.3 is 55.7 Å². The zero-order chi connectivity index (χ0) is 19.1. The summed E-state index contributed by atoms with van der Waals surface area (Å²) >= 11 is 4.29. The normalized spacial score (nSPS) is 9.36. The molecule has 0 atom stereocenters. The van der Waals surface area contributed by atoms with Gasteiger partial charge in [-0.15, -0.1) is 0 Å². The fourth-order valence-electron chi connectivity index (χ4n) is 0.167. The Bertz CT molecular complexity index is 133. The van der Waals surface area contributed by atoms with Crippen molar-refractivity contribution in [2.24, 2.45) is 0 Å². The quantitative estimate of drug-likeness (QED) is 0.319. The zero-order valence-electron chi connectivity index (χ0n) is 17.6. The van der Waals surface area contributed by atoms with Crippen LogP contribution in [0.15, 0.2) is 12.2 Å². The SMILES string of the molecule is C[Si](C)C.C[Si](C)C.C[Si](C)C.C[Si](C)C.[Ge][CH2]/C=C\[CH2][Ge]. The van der Waals surface area contributed by atoms with Crippen molar-refractivity contribution >= 4 is 68.2 Å². The van der Waals surface area contributed by atoms with Gasteiger partial charge in [0.2, 0.25) is 0 Å². The number of hydrogen-bond acceptors (Lipinski definition) is 0. The molecule has 10 radical (unpaired) electrons. The molecule has 0 aliphatic heterocycles. The van der Waals surface area contributed by atoms with Crippen molar-refractivity contribution < 1.29 is 0 Å². The van der Waals surface area contributed by atoms with Crippen LogP contribution in [0.2, 0.25) is 89.1 Å². The molecule has 0 aromatic carbocycles. The Labute approximate surface area is 168 Å². The van der Waals surface area contributed by atoms with Gasteiger partial charge in [-0.05, 0) is 0 Å². The van der Waals surface area contributed by atoms with Gasteiger partial charge < -0.3 is 0 Å². The second kappa shape index (κ2) is 34.1. The second-order valence-electron chi connectivity index (χ2n) is 6.88. The van der Waals surface area contributed by atoms with E-state index in [-0.39, 0.29) is 35.2 Å². The number of rotatable bonds is 2. The van der Waals surface area contributed by atoms with E-state index < -0.39 is 0 Å². The molecule has 6 heteroatoms. The first-order valence-electron chi connectivity index (χ1n) is 7.86. The van der Waals surface area contributed by atoms with Gasteiger partial charge in [0.25, 0.3) is 0 Å². The van der Waals surface area contributed by atoms with Crippen LogP contribution in [-0.4, -0.2) is 68.2 Å². The van der Waals surface area contributed by atoms with Crippen LogP contribution in [0.5, 0.6) is 0 Å². The number of hydrogen-bond donors (Lipinski definition) is 0. The van der Waals surface area contributed by atoms with E-state index in [0.29, 0.717) is 0 Å². The Morgan fingerprint density at radius 1 is 0.455 bits per heavy atom. The Morgan fingerprint density at radius 3 is 0.591 bits per heavy atom. The molecule has 0 heterocycles. The fourth-order valence-corrected chi connectivity index (χ4v) is 0.866. The van der Waals surface area contributed by atoms with Crippen LogP contribution < -0.4 is 0 Å². The molecule has 0 aromatic heterocycles. The van der Waals surface area contributed by atoms with Crippen LogP contribution in [0.4, 0.5) is 0 Å². The van der Waals surface area contributed by atoms with Gasteiger partial charge in [0, 0.05) is 35.2 Å². The summed E-state index contributed by atoms with van der Waals surface area (Å²) in [4.78, 5) is 0. The van der Waals surface area contributed by atoms with Crippen molar-refractivity contribution in [3.63, 3.8) is 0 Å². The van der Waals surface area contributed by atoms with Crippen LogP contribution >= 0.6 is 0 Å². The van der Waals surface area contributed by atoms with Crippen LogP contribution in [0.25, 0.3) is 0 Å². The van der Waals surface area contributed by atoms with Crippen LogP contribution in [0.3, 0.4) is 0 Å². The van der Waals surface area contributed by atoms with E-state index in [0.717, 1.165) is 0 Å². The third-order valence-electron chi connectivity index (χ3n) is 0.402. The van der Waals surface area contributed by atoms with Crippen molar-refractivity contribution in [2.45, 2.75) is 89.1 Å². The first kappa shape index (κ1) is 34.9. The van der Waals surface area contributed by atoms with E-state index in [1.54, 1.807) is 0 Å². The molecule has 0 unspecified atom stereocenters. The van der Waals surface area contributed by atoms with E-state index in [1.807, 2.05) is 0 Å². The Kier molecular flexibility index (Phi) is 54.1. The van der Waals surface area contributed by atoms with Crippen molar-refractivity contribution in [3.05, 3.63) is 12.2 Å². The minimum atomic E-state index is 0.120. The maximum atomic E-state index is 2.27. The summed E-state index contributed by atoms with van der Waals surface area (Å²) < 4.78 is 0. The molecule has 0 fully saturated rings. The van der Waals surface area contributed by atoms with E-state index >= 15 is 0 Å². The van der Waals surface area contributed by atoms with Gasteiger partial charge in [0.1, 0.15) is 0 Å². The molecule has 130 valence electrons. The molecule has 0 aliphatic rings. The average Bonchev–Trinajstić information content (AvgIpc) is 2.23. The molecule has 0 spiro atoms. The average molecular weight is 492 g/mol. The summed E-state index contributed by atoms with van der Waals surface area (Å²) in [7, 11) is 0.481. The monoisotopic (exact) mass is 494 g/mol. The summed E-state index contributed by atoms with van der Waals surface area (Å²) in [6, 6.07) is 0. The van der Waals surface area contributed by atoms with Crippen molar-refractivity contribution in [2.75, 3.05) is 0 Å². The van der Waals surface area contributed by atoms with Gasteiger partial charge in [-0.25, -0.2) is 0 Å². The van der Waals surface area contributed by atoms with Gasteiger partial charge in [0.05, 0.1) is 0 Å². The van der Waals surface area contributed by atoms with Crippen LogP contribution in [-0.2, 0) is 0 Å². The molecule has 0 saturated carbocycles. The number of allylic oxidation sites excluding steroid dienone is 2. The molecule has 0 N–H and O–H groups in total. The molecule has 0 bridgehead atoms. The molecule has 0 saturated heterocycles. The fraction of sp³-hybridized carbons (Fsp3) is 0.875. The van der Waals surface area contributed by atoms with Gasteiger partial charge in [0.15, 0.2) is 0 Å². The van der Waals surface area contributed by atoms with Crippen LogP contribution in [0, 0.1) is 0 Å². The molecular weight excluding hydrogens is 450 g/mol. The third-order valence-corrected chi connectivity index (χ3v) is 1.39. The third kappa shape index (κ3) is 422. The van der Waals surface area contributed by atoms with Crippen LogP contribution in [0.1, 0.15) is 0 Å². The first-order chi connectivity index (χ1) is 9.84. The standard InChI is InChI=1S/C4H6Ge2.4C3H9Si/c5-3-1-2-4-6;4*1-4(2)3/h1-2H,3-4H2;4*1-3H3/b2-1-;;;;. The first-order valence-corrected chi connectivity index (χ1v) is 22.8. The zero-order valence-corrected chi connectivity index (χ0v) is 25.8. The van der Waals surface area contributed by atoms with Gasteiger partial charge in [-0.2, -0.15) is 0 Å². The molecule has 0 rings (SSSR count). The van der Waals surface area contributed by atoms with E-state index in [9.17, 15) is 0 Å². The molecule has 0 amide bonds. The Hall–Kier alpha value is 1.69. The summed E-state index contributed by atoms with van der Waals surface area (Å²) in [5.74, 6) is 0. The minimum absolute atomic E-state index is 0.120. The van der Waals surface area contributed by atoms with Gasteiger partial charge in [-0.1, -0.05) is 78.6 Å². The Morgan fingerprint density at radius 2 is 0.545 bits per heavy atom. The summed E-state index contributed by atoms with van der Waals surface area (Å²) in [5.41, 5.74) is 0. The maximum absolute atomic E-state index is 2.27. The van der Waals surface area contributed by atoms with E-state index in [4.69, 9.17) is 0 Å². The predicted octanol–water partition coefficient (Wildman–Crippen LogP) is 6.20. The van der Waals surface area contributed by atoms with Crippen molar-refractivity contribution in [1.82, 2.24) is 0 Å². The van der Waals surface area contributed by atoms with Crippen molar-refractivity contribution in [3.8, 4) is 0 Å². The molecule has 0 aliphatic carbocycles. The molecule has 22 heavy (non-hydrogen) atoms. The second-order valence-corrected chi connectivity index (χ2v) is 20.6. The summed E-state index contributed by atoms with van der Waals surface area (Å²) in [6.07, 6.45) is 4.36. The van der Waals surface area contributed by atoms with E-state index in [2.05, 4.69) is 124 Å². The molecule has 0 nitrogen and oxygen atoms in total. The van der Waals surface area contributed by atoms with Crippen molar-refractivity contribution in [1.29, 1.82) is 0 Å². The van der Waals surface area contributed by atoms with E-state index in [1.165, 1.54) is 10.5 Å². The topological polar surface area (TPSA) is 0 Å². The van der Waals surface area contributed by atoms with Gasteiger partial charge in [-0.3, -0.25) is 0 Å². The predicted molar refractivity (Wildman–Crippen MR) is 124 cm³/mol. The summed E-state index contributed by atoms with van der Waals surface area (Å²) in [5, 5.41) is 2.35.